The number of piperazine rings is 1. The van der Waals surface area contributed by atoms with Gasteiger partial charge in [-0.1, -0.05) is 18.5 Å². The van der Waals surface area contributed by atoms with Gasteiger partial charge in [-0.3, -0.25) is 4.79 Å². The van der Waals surface area contributed by atoms with Gasteiger partial charge in [-0.05, 0) is 42.9 Å². The normalized spacial score (nSPS) is 14.0. The number of carboxylic acids is 1. The molecule has 0 atom stereocenters. The average Bonchev–Trinajstić information content (AvgIpc) is 2.82. The molecule has 0 unspecified atom stereocenters. The predicted octanol–water partition coefficient (Wildman–Crippen LogP) is 2.98. The Kier molecular flexibility index (Phi) is 8.13. The number of carbonyl (C=O) groups excluding carboxylic acids is 2. The van der Waals surface area contributed by atoms with Crippen LogP contribution >= 0.6 is 11.6 Å². The minimum absolute atomic E-state index is 0.0443. The van der Waals surface area contributed by atoms with E-state index in [0.29, 0.717) is 11.3 Å². The molecule has 2 aromatic rings. The van der Waals surface area contributed by atoms with Crippen molar-refractivity contribution in [1.29, 1.82) is 0 Å². The number of halogens is 1. The summed E-state index contributed by atoms with van der Waals surface area (Å²) < 4.78 is 10.3. The van der Waals surface area contributed by atoms with E-state index in [0.717, 1.165) is 38.4 Å². The summed E-state index contributed by atoms with van der Waals surface area (Å²) in [6, 6.07) is 9.04. The minimum atomic E-state index is -1.15. The van der Waals surface area contributed by atoms with Crippen molar-refractivity contribution in [3.05, 3.63) is 52.5 Å². The van der Waals surface area contributed by atoms with Crippen LogP contribution in [0.25, 0.3) is 0 Å². The maximum Gasteiger partial charge on any atom is 0.337 e. The number of aromatic carboxylic acids is 1. The van der Waals surface area contributed by atoms with E-state index in [2.05, 4.69) is 22.0 Å². The van der Waals surface area contributed by atoms with Crippen molar-refractivity contribution in [2.24, 2.45) is 0 Å². The van der Waals surface area contributed by atoms with Gasteiger partial charge < -0.3 is 29.7 Å². The number of anilines is 2. The highest BCUT2D eigenvalue weighted by atomic mass is 35.5. The van der Waals surface area contributed by atoms with Crippen LogP contribution in [0.4, 0.5) is 11.4 Å². The first kappa shape index (κ1) is 24.3. The Labute approximate surface area is 196 Å². The number of carboxylic acid groups (broad SMARTS) is 1. The summed E-state index contributed by atoms with van der Waals surface area (Å²) in [5.41, 5.74) is 1.53. The van der Waals surface area contributed by atoms with Crippen molar-refractivity contribution < 1.29 is 29.0 Å². The van der Waals surface area contributed by atoms with Crippen LogP contribution in [0.15, 0.2) is 36.4 Å². The lowest BCUT2D eigenvalue weighted by molar-refractivity contribution is -0.118. The van der Waals surface area contributed by atoms with Crippen LogP contribution in [0.1, 0.15) is 27.6 Å². The first-order valence-corrected chi connectivity index (χ1v) is 10.8. The van der Waals surface area contributed by atoms with Crippen molar-refractivity contribution in [1.82, 2.24) is 4.90 Å². The number of amides is 1. The molecule has 9 nitrogen and oxygen atoms in total. The van der Waals surface area contributed by atoms with Gasteiger partial charge in [0.1, 0.15) is 5.75 Å². The highest BCUT2D eigenvalue weighted by molar-refractivity contribution is 6.31. The molecule has 2 aromatic carbocycles. The third kappa shape index (κ3) is 6.36. The second kappa shape index (κ2) is 11.0. The highest BCUT2D eigenvalue weighted by Gasteiger charge is 2.21. The third-order valence-corrected chi connectivity index (χ3v) is 5.56. The number of hydrogen-bond donors (Lipinski definition) is 2. The molecule has 2 N–H and O–H groups in total. The van der Waals surface area contributed by atoms with Crippen LogP contribution in [0, 0.1) is 0 Å². The number of benzene rings is 2. The van der Waals surface area contributed by atoms with Gasteiger partial charge in [-0.15, -0.1) is 0 Å². The summed E-state index contributed by atoms with van der Waals surface area (Å²) >= 11 is 5.93. The van der Waals surface area contributed by atoms with Crippen LogP contribution in [0.2, 0.25) is 5.02 Å². The zero-order valence-corrected chi connectivity index (χ0v) is 19.2. The number of hydrogen-bond acceptors (Lipinski definition) is 7. The van der Waals surface area contributed by atoms with Crippen LogP contribution in [-0.4, -0.2) is 74.3 Å². The second-order valence-corrected chi connectivity index (χ2v) is 7.90. The van der Waals surface area contributed by atoms with Gasteiger partial charge in [0.05, 0.1) is 29.6 Å². The van der Waals surface area contributed by atoms with Crippen molar-refractivity contribution in [2.75, 3.05) is 56.7 Å². The van der Waals surface area contributed by atoms with E-state index in [9.17, 15) is 14.4 Å². The van der Waals surface area contributed by atoms with Crippen LogP contribution < -0.4 is 15.0 Å². The fraction of sp³-hybridized carbons (Fsp3) is 0.348. The van der Waals surface area contributed by atoms with Gasteiger partial charge in [0, 0.05) is 31.2 Å². The molecular weight excluding hydrogens is 450 g/mol. The van der Waals surface area contributed by atoms with E-state index in [1.54, 1.807) is 18.2 Å². The Morgan fingerprint density at radius 2 is 1.79 bits per heavy atom. The molecule has 0 saturated carbocycles. The zero-order chi connectivity index (χ0) is 24.0. The predicted molar refractivity (Wildman–Crippen MR) is 125 cm³/mol. The monoisotopic (exact) mass is 475 g/mol. The minimum Gasteiger partial charge on any atom is -0.484 e. The van der Waals surface area contributed by atoms with Crippen molar-refractivity contribution in [3.63, 3.8) is 0 Å². The Balaban J connectivity index is 1.75. The molecule has 3 rings (SSSR count). The molecule has 1 heterocycles. The molecule has 1 amide bonds. The van der Waals surface area contributed by atoms with Gasteiger partial charge in [-0.25, -0.2) is 9.59 Å². The van der Waals surface area contributed by atoms with Gasteiger partial charge in [0.15, 0.2) is 6.61 Å². The quantitative estimate of drug-likeness (QED) is 0.561. The molecular formula is C23H26ClN3O6. The highest BCUT2D eigenvalue weighted by Crippen LogP contribution is 2.29. The largest absolute Gasteiger partial charge is 0.484 e. The number of likely N-dealkylation sites (N-methyl/N-ethyl adjacent to an activating group) is 1. The summed E-state index contributed by atoms with van der Waals surface area (Å²) in [6.07, 6.45) is 0. The van der Waals surface area contributed by atoms with Gasteiger partial charge in [-0.2, -0.15) is 0 Å². The molecule has 1 fully saturated rings. The topological polar surface area (TPSA) is 108 Å². The van der Waals surface area contributed by atoms with Gasteiger partial charge in [0.2, 0.25) is 0 Å². The molecule has 0 spiro atoms. The number of esters is 1. The SMILES string of the molecule is CCN1CCN(c2ccc(C(=O)OC)cc2NC(=O)COc2cc(Cl)cc(C(=O)O)c2)CC1. The van der Waals surface area contributed by atoms with Crippen molar-refractivity contribution in [2.45, 2.75) is 6.92 Å². The Hall–Kier alpha value is -3.30. The molecule has 0 radical (unpaired) electrons. The number of carbonyl (C=O) groups is 3. The van der Waals surface area contributed by atoms with E-state index >= 15 is 0 Å². The number of ether oxygens (including phenoxy) is 2. The lowest BCUT2D eigenvalue weighted by Gasteiger charge is -2.36. The number of nitrogens with one attached hydrogen (secondary N) is 1. The first-order chi connectivity index (χ1) is 15.8. The second-order valence-electron chi connectivity index (χ2n) is 7.46. The fourth-order valence-corrected chi connectivity index (χ4v) is 3.79. The standard InChI is InChI=1S/C23H26ClN3O6/c1-3-26-6-8-27(9-7-26)20-5-4-15(23(31)32-2)12-19(20)25-21(28)14-33-18-11-16(22(29)30)10-17(24)13-18/h4-5,10-13H,3,6-9,14H2,1-2H3,(H,25,28)(H,29,30). The molecule has 0 aromatic heterocycles. The molecule has 10 heteroatoms. The molecule has 1 aliphatic heterocycles. The Morgan fingerprint density at radius 1 is 1.06 bits per heavy atom. The lowest BCUT2D eigenvalue weighted by atomic mass is 10.1. The molecule has 1 aliphatic rings. The van der Waals surface area contributed by atoms with E-state index < -0.39 is 17.8 Å². The number of rotatable bonds is 8. The average molecular weight is 476 g/mol. The van der Waals surface area contributed by atoms with E-state index in [1.165, 1.54) is 25.3 Å². The fourth-order valence-electron chi connectivity index (χ4n) is 3.57. The Morgan fingerprint density at radius 3 is 2.42 bits per heavy atom. The summed E-state index contributed by atoms with van der Waals surface area (Å²) in [7, 11) is 1.29. The Bertz CT molecular complexity index is 1040. The zero-order valence-electron chi connectivity index (χ0n) is 18.5. The van der Waals surface area contributed by atoms with Crippen LogP contribution in [0.5, 0.6) is 5.75 Å². The summed E-state index contributed by atoms with van der Waals surface area (Å²) in [5.74, 6) is -1.97. The molecule has 0 aliphatic carbocycles. The van der Waals surface area contributed by atoms with Crippen molar-refractivity contribution >= 4 is 40.8 Å². The van der Waals surface area contributed by atoms with Crippen LogP contribution in [-0.2, 0) is 9.53 Å². The molecule has 0 bridgehead atoms. The summed E-state index contributed by atoms with van der Waals surface area (Å²) in [6.45, 7) is 6.08. The smallest absolute Gasteiger partial charge is 0.337 e. The van der Waals surface area contributed by atoms with E-state index in [-0.39, 0.29) is 22.9 Å². The maximum atomic E-state index is 12.6. The van der Waals surface area contributed by atoms with Crippen LogP contribution in [0.3, 0.4) is 0 Å². The molecule has 33 heavy (non-hydrogen) atoms. The molecule has 1 saturated heterocycles. The van der Waals surface area contributed by atoms with Gasteiger partial charge in [0.25, 0.3) is 5.91 Å². The number of methoxy groups -OCH3 is 1. The van der Waals surface area contributed by atoms with E-state index in [4.69, 9.17) is 26.2 Å². The summed E-state index contributed by atoms with van der Waals surface area (Å²) in [4.78, 5) is 40.3. The number of nitrogens with zero attached hydrogens (tertiary/aromatic N) is 2. The van der Waals surface area contributed by atoms with E-state index in [1.807, 2.05) is 0 Å². The summed E-state index contributed by atoms with van der Waals surface area (Å²) in [5, 5.41) is 12.1. The van der Waals surface area contributed by atoms with Gasteiger partial charge >= 0.3 is 11.9 Å². The molecule has 176 valence electrons. The van der Waals surface area contributed by atoms with Crippen molar-refractivity contribution in [3.8, 4) is 5.75 Å². The first-order valence-electron chi connectivity index (χ1n) is 10.5. The maximum absolute atomic E-state index is 12.6. The third-order valence-electron chi connectivity index (χ3n) is 5.34. The lowest BCUT2D eigenvalue weighted by Crippen LogP contribution is -2.46.